The average Bonchev–Trinajstić information content (AvgIpc) is 2.83. The van der Waals surface area contributed by atoms with E-state index < -0.39 is 9.84 Å². The number of amides is 1. The first-order valence-electron chi connectivity index (χ1n) is 10.9. The Labute approximate surface area is 191 Å². The normalized spacial score (nSPS) is 11.5. The standard InChI is InChI=1S/C26H30N2O3S/c1-3-28(19-22-8-6-5-7-9-22)20-23-10-14-24(15-11-23)26(29)27-18-21-12-16-25(17-13-21)32(30,31)4-2/h5-17H,3-4,18-20H2,1-2H3,(H,27,29). The van der Waals surface area contributed by atoms with Crippen molar-refractivity contribution in [3.63, 3.8) is 0 Å². The van der Waals surface area contributed by atoms with Gasteiger partial charge in [0.05, 0.1) is 10.6 Å². The topological polar surface area (TPSA) is 66.5 Å². The largest absolute Gasteiger partial charge is 0.348 e. The lowest BCUT2D eigenvalue weighted by molar-refractivity contribution is 0.0951. The van der Waals surface area contributed by atoms with Crippen LogP contribution in [0.25, 0.3) is 0 Å². The van der Waals surface area contributed by atoms with E-state index in [9.17, 15) is 13.2 Å². The number of nitrogens with zero attached hydrogens (tertiary/aromatic N) is 1. The van der Waals surface area contributed by atoms with Crippen molar-refractivity contribution in [3.8, 4) is 0 Å². The molecule has 0 aliphatic rings. The van der Waals surface area contributed by atoms with E-state index in [1.165, 1.54) is 5.56 Å². The first-order valence-corrected chi connectivity index (χ1v) is 12.5. The molecule has 0 fully saturated rings. The summed E-state index contributed by atoms with van der Waals surface area (Å²) in [5.41, 5.74) is 3.90. The summed E-state index contributed by atoms with van der Waals surface area (Å²) in [6.07, 6.45) is 0. The molecule has 0 radical (unpaired) electrons. The average molecular weight is 451 g/mol. The number of benzene rings is 3. The maximum atomic E-state index is 12.5. The Balaban J connectivity index is 1.54. The molecule has 0 aromatic heterocycles. The first kappa shape index (κ1) is 23.7. The third kappa shape index (κ3) is 6.52. The monoisotopic (exact) mass is 450 g/mol. The van der Waals surface area contributed by atoms with Crippen LogP contribution in [0.15, 0.2) is 83.8 Å². The molecule has 3 aromatic rings. The van der Waals surface area contributed by atoms with Crippen LogP contribution in [0, 0.1) is 0 Å². The molecule has 0 saturated heterocycles. The molecule has 0 saturated carbocycles. The van der Waals surface area contributed by atoms with E-state index in [-0.39, 0.29) is 11.7 Å². The predicted molar refractivity (Wildman–Crippen MR) is 128 cm³/mol. The molecule has 0 atom stereocenters. The fraction of sp³-hybridized carbons (Fsp3) is 0.269. The van der Waals surface area contributed by atoms with E-state index in [0.29, 0.717) is 17.0 Å². The molecular formula is C26H30N2O3S. The van der Waals surface area contributed by atoms with Gasteiger partial charge in [-0.1, -0.05) is 68.4 Å². The van der Waals surface area contributed by atoms with E-state index in [1.807, 2.05) is 30.3 Å². The van der Waals surface area contributed by atoms with Crippen LogP contribution in [-0.4, -0.2) is 31.5 Å². The maximum Gasteiger partial charge on any atom is 0.251 e. The number of nitrogens with one attached hydrogen (secondary N) is 1. The van der Waals surface area contributed by atoms with Crippen LogP contribution in [0.5, 0.6) is 0 Å². The molecule has 0 aliphatic heterocycles. The van der Waals surface area contributed by atoms with Gasteiger partial charge in [-0.3, -0.25) is 9.69 Å². The molecule has 1 N–H and O–H groups in total. The molecule has 32 heavy (non-hydrogen) atoms. The molecule has 0 heterocycles. The summed E-state index contributed by atoms with van der Waals surface area (Å²) in [6.45, 7) is 6.76. The summed E-state index contributed by atoms with van der Waals surface area (Å²) in [6, 6.07) is 24.7. The highest BCUT2D eigenvalue weighted by molar-refractivity contribution is 7.91. The molecule has 6 heteroatoms. The molecule has 3 aromatic carbocycles. The van der Waals surface area contributed by atoms with Crippen molar-refractivity contribution in [2.24, 2.45) is 0 Å². The second kappa shape index (κ2) is 11.1. The molecule has 3 rings (SSSR count). The summed E-state index contributed by atoms with van der Waals surface area (Å²) < 4.78 is 23.8. The van der Waals surface area contributed by atoms with Crippen LogP contribution in [0.4, 0.5) is 0 Å². The van der Waals surface area contributed by atoms with Gasteiger partial charge in [-0.15, -0.1) is 0 Å². The van der Waals surface area contributed by atoms with Gasteiger partial charge >= 0.3 is 0 Å². The zero-order valence-corrected chi connectivity index (χ0v) is 19.4. The molecule has 0 bridgehead atoms. The number of carbonyl (C=O) groups is 1. The van der Waals surface area contributed by atoms with Crippen molar-refractivity contribution < 1.29 is 13.2 Å². The third-order valence-electron chi connectivity index (χ3n) is 5.43. The molecule has 5 nitrogen and oxygen atoms in total. The molecule has 1 amide bonds. The van der Waals surface area contributed by atoms with Crippen molar-refractivity contribution in [3.05, 3.63) is 101 Å². The van der Waals surface area contributed by atoms with E-state index >= 15 is 0 Å². The minimum Gasteiger partial charge on any atom is -0.348 e. The number of hydrogen-bond acceptors (Lipinski definition) is 4. The minimum atomic E-state index is -3.21. The van der Waals surface area contributed by atoms with Gasteiger partial charge in [0.15, 0.2) is 9.84 Å². The zero-order valence-electron chi connectivity index (χ0n) is 18.6. The summed E-state index contributed by atoms with van der Waals surface area (Å²) in [7, 11) is -3.21. The van der Waals surface area contributed by atoms with Gasteiger partial charge in [-0.05, 0) is 47.5 Å². The summed E-state index contributed by atoms with van der Waals surface area (Å²) in [4.78, 5) is 15.2. The second-order valence-corrected chi connectivity index (χ2v) is 9.99. The highest BCUT2D eigenvalue weighted by Gasteiger charge is 2.11. The van der Waals surface area contributed by atoms with E-state index in [4.69, 9.17) is 0 Å². The Kier molecular flexibility index (Phi) is 8.20. The van der Waals surface area contributed by atoms with Gasteiger partial charge in [0.25, 0.3) is 5.91 Å². The lowest BCUT2D eigenvalue weighted by Crippen LogP contribution is -2.23. The number of sulfone groups is 1. The first-order chi connectivity index (χ1) is 15.4. The predicted octanol–water partition coefficient (Wildman–Crippen LogP) is 4.43. The van der Waals surface area contributed by atoms with Crippen molar-refractivity contribution in [1.82, 2.24) is 10.2 Å². The SMILES string of the molecule is CCN(Cc1ccccc1)Cc1ccc(C(=O)NCc2ccc(S(=O)(=O)CC)cc2)cc1. The van der Waals surface area contributed by atoms with Gasteiger partial charge in [0.2, 0.25) is 0 Å². The van der Waals surface area contributed by atoms with Crippen LogP contribution in [-0.2, 0) is 29.5 Å². The Morgan fingerprint density at radius 3 is 1.91 bits per heavy atom. The van der Waals surface area contributed by atoms with Crippen LogP contribution in [0.2, 0.25) is 0 Å². The lowest BCUT2D eigenvalue weighted by Gasteiger charge is -2.20. The Hall–Kier alpha value is -2.96. The van der Waals surface area contributed by atoms with Crippen LogP contribution < -0.4 is 5.32 Å². The van der Waals surface area contributed by atoms with Crippen molar-refractivity contribution in [2.45, 2.75) is 38.4 Å². The molecule has 0 unspecified atom stereocenters. The lowest BCUT2D eigenvalue weighted by atomic mass is 10.1. The second-order valence-electron chi connectivity index (χ2n) is 7.72. The Morgan fingerprint density at radius 2 is 1.34 bits per heavy atom. The maximum absolute atomic E-state index is 12.5. The Bertz CT molecular complexity index is 1110. The number of rotatable bonds is 10. The number of carbonyl (C=O) groups excluding carboxylic acids is 1. The van der Waals surface area contributed by atoms with E-state index in [1.54, 1.807) is 31.2 Å². The summed E-state index contributed by atoms with van der Waals surface area (Å²) >= 11 is 0. The highest BCUT2D eigenvalue weighted by atomic mass is 32.2. The number of hydrogen-bond donors (Lipinski definition) is 1. The molecule has 168 valence electrons. The zero-order chi connectivity index (χ0) is 23.0. The summed E-state index contributed by atoms with van der Waals surface area (Å²) in [5.74, 6) is -0.0834. The fourth-order valence-electron chi connectivity index (χ4n) is 3.41. The van der Waals surface area contributed by atoms with E-state index in [0.717, 1.165) is 30.8 Å². The van der Waals surface area contributed by atoms with E-state index in [2.05, 4.69) is 41.4 Å². The highest BCUT2D eigenvalue weighted by Crippen LogP contribution is 2.13. The van der Waals surface area contributed by atoms with Crippen LogP contribution in [0.1, 0.15) is 40.9 Å². The quantitative estimate of drug-likeness (QED) is 0.496. The fourth-order valence-corrected chi connectivity index (χ4v) is 4.29. The van der Waals surface area contributed by atoms with Gasteiger partial charge in [-0.25, -0.2) is 8.42 Å². The minimum absolute atomic E-state index is 0.0708. The van der Waals surface area contributed by atoms with Gasteiger partial charge in [-0.2, -0.15) is 0 Å². The van der Waals surface area contributed by atoms with Gasteiger partial charge < -0.3 is 5.32 Å². The van der Waals surface area contributed by atoms with Gasteiger partial charge in [0.1, 0.15) is 0 Å². The van der Waals surface area contributed by atoms with Crippen LogP contribution >= 0.6 is 0 Å². The molecule has 0 spiro atoms. The molecule has 0 aliphatic carbocycles. The third-order valence-corrected chi connectivity index (χ3v) is 7.18. The summed E-state index contributed by atoms with van der Waals surface area (Å²) in [5, 5.41) is 2.89. The smallest absolute Gasteiger partial charge is 0.251 e. The van der Waals surface area contributed by atoms with Crippen molar-refractivity contribution >= 4 is 15.7 Å². The van der Waals surface area contributed by atoms with Gasteiger partial charge in [0, 0.05) is 25.2 Å². The van der Waals surface area contributed by atoms with Crippen molar-refractivity contribution in [2.75, 3.05) is 12.3 Å². The Morgan fingerprint density at radius 1 is 0.781 bits per heavy atom. The van der Waals surface area contributed by atoms with Crippen molar-refractivity contribution in [1.29, 1.82) is 0 Å². The molecular weight excluding hydrogens is 420 g/mol. The van der Waals surface area contributed by atoms with Crippen LogP contribution in [0.3, 0.4) is 0 Å².